The number of fused-ring (bicyclic) bond motifs is 6. The number of hydrogen-bond acceptors (Lipinski definition) is 9. The van der Waals surface area contributed by atoms with Crippen LogP contribution in [0, 0.1) is 0 Å². The van der Waals surface area contributed by atoms with Gasteiger partial charge in [0, 0.05) is 29.9 Å². The Balaban J connectivity index is 1.49. The predicted molar refractivity (Wildman–Crippen MR) is 152 cm³/mol. The summed E-state index contributed by atoms with van der Waals surface area (Å²) in [5.41, 5.74) is 2.04. The van der Waals surface area contributed by atoms with Gasteiger partial charge in [-0.15, -0.1) is 0 Å². The van der Waals surface area contributed by atoms with Crippen molar-refractivity contribution in [3.05, 3.63) is 84.6 Å². The molecule has 212 valence electrons. The van der Waals surface area contributed by atoms with E-state index in [1.54, 1.807) is 6.08 Å². The van der Waals surface area contributed by atoms with Crippen molar-refractivity contribution in [3.8, 4) is 5.75 Å². The molecule has 2 heterocycles. The monoisotopic (exact) mass is 593 g/mol. The van der Waals surface area contributed by atoms with E-state index in [1.165, 1.54) is 0 Å². The third kappa shape index (κ3) is 5.64. The molecule has 4 aromatic carbocycles. The summed E-state index contributed by atoms with van der Waals surface area (Å²) in [6.45, 7) is 0.373. The van der Waals surface area contributed by atoms with E-state index in [0.717, 1.165) is 32.7 Å². The number of rotatable bonds is 9. The van der Waals surface area contributed by atoms with E-state index in [4.69, 9.17) is 9.15 Å². The highest BCUT2D eigenvalue weighted by molar-refractivity contribution is 7.85. The van der Waals surface area contributed by atoms with Gasteiger partial charge in [0.2, 0.25) is 11.5 Å². The van der Waals surface area contributed by atoms with Crippen LogP contribution < -0.4 is 14.2 Å². The Morgan fingerprint density at radius 1 is 0.780 bits per heavy atom. The highest BCUT2D eigenvalue weighted by Crippen LogP contribution is 2.44. The number of oxazole rings is 1. The highest BCUT2D eigenvalue weighted by Gasteiger charge is 2.32. The zero-order valence-corrected chi connectivity index (χ0v) is 23.4. The molecular weight excluding hydrogens is 568 g/mol. The fourth-order valence-electron chi connectivity index (χ4n) is 5.31. The quantitative estimate of drug-likeness (QED) is 0.182. The first-order valence-corrected chi connectivity index (χ1v) is 16.1. The molecule has 0 unspecified atom stereocenters. The number of aryl methyl sites for hydroxylation is 1. The van der Waals surface area contributed by atoms with Gasteiger partial charge in [0.25, 0.3) is 5.52 Å². The summed E-state index contributed by atoms with van der Waals surface area (Å²) < 4.78 is 82.4. The summed E-state index contributed by atoms with van der Waals surface area (Å²) in [5, 5.41) is 3.70. The Morgan fingerprint density at radius 2 is 1.41 bits per heavy atom. The molecule has 0 bridgehead atoms. The normalized spacial score (nSPS) is 14.8. The van der Waals surface area contributed by atoms with E-state index >= 15 is 0 Å². The van der Waals surface area contributed by atoms with Crippen molar-refractivity contribution in [2.24, 2.45) is 0 Å². The minimum absolute atomic E-state index is 0.0708. The van der Waals surface area contributed by atoms with Gasteiger partial charge in [0.1, 0.15) is 6.08 Å². The molecule has 1 aliphatic heterocycles. The largest absolute Gasteiger partial charge is 0.748 e. The maximum atomic E-state index is 11.4. The van der Waals surface area contributed by atoms with Crippen LogP contribution in [0.2, 0.25) is 0 Å². The number of nitrogens with zero attached hydrogens (tertiary/aromatic N) is 2. The van der Waals surface area contributed by atoms with Gasteiger partial charge in [-0.25, -0.2) is 16.8 Å². The van der Waals surface area contributed by atoms with Crippen molar-refractivity contribution in [2.75, 3.05) is 23.0 Å². The van der Waals surface area contributed by atoms with Gasteiger partial charge in [-0.2, -0.15) is 4.57 Å². The predicted octanol–water partition coefficient (Wildman–Crippen LogP) is 4.09. The molecule has 10 nitrogen and oxygen atoms in total. The smallest absolute Gasteiger partial charge is 0.379 e. The molecule has 0 saturated heterocycles. The van der Waals surface area contributed by atoms with Crippen molar-refractivity contribution < 1.29 is 39.7 Å². The van der Waals surface area contributed by atoms with Crippen LogP contribution in [-0.2, 0) is 26.8 Å². The Morgan fingerprint density at radius 3 is 2.15 bits per heavy atom. The zero-order valence-electron chi connectivity index (χ0n) is 21.7. The average molecular weight is 594 g/mol. The topological polar surface area (TPSA) is 144 Å². The number of hydrogen-bond donors (Lipinski definition) is 0. The lowest BCUT2D eigenvalue weighted by Gasteiger charge is -2.19. The van der Waals surface area contributed by atoms with E-state index in [-0.39, 0.29) is 25.9 Å². The van der Waals surface area contributed by atoms with Gasteiger partial charge >= 0.3 is 5.89 Å². The molecule has 6 rings (SSSR count). The number of aromatic nitrogens is 1. The van der Waals surface area contributed by atoms with E-state index in [9.17, 15) is 25.9 Å². The van der Waals surface area contributed by atoms with Crippen LogP contribution in [0.4, 0.5) is 5.69 Å². The molecule has 1 aromatic heterocycles. The van der Waals surface area contributed by atoms with Crippen LogP contribution in [0.15, 0.2) is 83.1 Å². The van der Waals surface area contributed by atoms with Gasteiger partial charge in [-0.1, -0.05) is 54.6 Å². The summed E-state index contributed by atoms with van der Waals surface area (Å²) >= 11 is 0. The second-order valence-electron chi connectivity index (χ2n) is 9.83. The first-order chi connectivity index (χ1) is 19.6. The van der Waals surface area contributed by atoms with Gasteiger partial charge < -0.3 is 23.2 Å². The van der Waals surface area contributed by atoms with Gasteiger partial charge in [0.05, 0.1) is 31.3 Å². The van der Waals surface area contributed by atoms with Crippen LogP contribution in [0.3, 0.4) is 0 Å². The van der Waals surface area contributed by atoms with Crippen LogP contribution in [0.5, 0.6) is 5.75 Å². The second kappa shape index (κ2) is 10.5. The van der Waals surface area contributed by atoms with Gasteiger partial charge in [0.15, 0.2) is 12.3 Å². The van der Waals surface area contributed by atoms with Crippen molar-refractivity contribution in [3.63, 3.8) is 0 Å². The average Bonchev–Trinajstić information content (AvgIpc) is 3.45. The van der Waals surface area contributed by atoms with Crippen LogP contribution in [-0.4, -0.2) is 44.0 Å². The third-order valence-corrected chi connectivity index (χ3v) is 8.60. The number of ether oxygens (including phenoxy) is 1. The summed E-state index contributed by atoms with van der Waals surface area (Å²) in [6.07, 6.45) is 1.81. The molecule has 1 aliphatic rings. The van der Waals surface area contributed by atoms with Crippen LogP contribution in [0.25, 0.3) is 38.7 Å². The van der Waals surface area contributed by atoms with Gasteiger partial charge in [-0.05, 0) is 35.4 Å². The molecule has 12 heteroatoms. The Labute approximate surface area is 236 Å². The maximum Gasteiger partial charge on any atom is 0.379 e. The standard InChI is InChI=1S/C29H26N2O8S2/c32-40(33,34)17-5-15-30-26(38-24-13-11-20-7-1-3-9-22(20)28(24)30)19-27-31(16-6-18-41(35,36)37)29-23-10-4-2-8-21(23)12-14-25(29)39-27/h1-4,7-14,19H,5-6,15-18H2,(H-,32,33,34,35,36,37)/p-1. The minimum Gasteiger partial charge on any atom is -0.748 e. The second-order valence-corrected chi connectivity index (χ2v) is 12.9. The highest BCUT2D eigenvalue weighted by atomic mass is 32.2. The lowest BCUT2D eigenvalue weighted by Crippen LogP contribution is -2.37. The number of benzene rings is 4. The molecule has 41 heavy (non-hydrogen) atoms. The van der Waals surface area contributed by atoms with Crippen molar-refractivity contribution in [1.82, 2.24) is 0 Å². The van der Waals surface area contributed by atoms with Crippen molar-refractivity contribution in [2.45, 2.75) is 19.4 Å². The van der Waals surface area contributed by atoms with E-state index < -0.39 is 31.7 Å². The summed E-state index contributed by atoms with van der Waals surface area (Å²) in [7, 11) is -8.83. The molecule has 0 N–H and O–H groups in total. The molecule has 0 radical (unpaired) electrons. The molecule has 0 atom stereocenters. The van der Waals surface area contributed by atoms with E-state index in [0.29, 0.717) is 23.1 Å². The minimum atomic E-state index is -4.41. The lowest BCUT2D eigenvalue weighted by atomic mass is 10.1. The zero-order chi connectivity index (χ0) is 28.8. The molecule has 5 aromatic rings. The lowest BCUT2D eigenvalue weighted by molar-refractivity contribution is -0.677. The van der Waals surface area contributed by atoms with Gasteiger partial charge in [-0.3, -0.25) is 0 Å². The molecular formula is C29H25N2O8S2-. The van der Waals surface area contributed by atoms with Crippen molar-refractivity contribution in [1.29, 1.82) is 0 Å². The van der Waals surface area contributed by atoms with Crippen LogP contribution >= 0.6 is 0 Å². The molecule has 0 saturated carbocycles. The Bertz CT molecular complexity index is 2050. The SMILES string of the molecule is O=S(=O)([O-])CCCN1/C(=C/c2oc3ccc4ccccc4c3[n+]2CCCS(=O)(=O)[O-])Oc2ccc3ccccc3c21. The summed E-state index contributed by atoms with van der Waals surface area (Å²) in [5.74, 6) is 0.209. The Kier molecular flexibility index (Phi) is 6.94. The summed E-state index contributed by atoms with van der Waals surface area (Å²) in [6, 6.07) is 22.9. The first-order valence-electron chi connectivity index (χ1n) is 13.0. The third-order valence-electron chi connectivity index (χ3n) is 7.03. The van der Waals surface area contributed by atoms with Crippen molar-refractivity contribution >= 4 is 64.6 Å². The van der Waals surface area contributed by atoms with Crippen LogP contribution in [0.1, 0.15) is 18.7 Å². The van der Waals surface area contributed by atoms with E-state index in [1.807, 2.05) is 82.3 Å². The first kappa shape index (κ1) is 27.2. The maximum absolute atomic E-state index is 11.4. The fourth-order valence-corrected chi connectivity index (χ4v) is 6.28. The molecule has 0 amide bonds. The molecule has 0 aliphatic carbocycles. The fraction of sp³-hybridized carbons (Fsp3) is 0.207. The summed E-state index contributed by atoms with van der Waals surface area (Å²) in [4.78, 5) is 1.82. The molecule has 0 fully saturated rings. The molecule has 0 spiro atoms. The Hall–Kier alpha value is -3.97. The number of anilines is 1. The van der Waals surface area contributed by atoms with E-state index in [2.05, 4.69) is 0 Å².